The van der Waals surface area contributed by atoms with E-state index in [2.05, 4.69) is 32.8 Å². The summed E-state index contributed by atoms with van der Waals surface area (Å²) in [6.07, 6.45) is 5.02. The molecule has 0 spiro atoms. The minimum absolute atomic E-state index is 0.380. The molecule has 0 amide bonds. The van der Waals surface area contributed by atoms with Gasteiger partial charge in [0.15, 0.2) is 0 Å². The molecule has 0 aliphatic heterocycles. The third kappa shape index (κ3) is 2.68. The molecule has 1 heterocycles. The summed E-state index contributed by atoms with van der Waals surface area (Å²) in [5.41, 5.74) is 0.380. The fourth-order valence-corrected chi connectivity index (χ4v) is 1.52. The molecule has 0 saturated carbocycles. The first-order chi connectivity index (χ1) is 5.49. The van der Waals surface area contributed by atoms with Crippen molar-refractivity contribution in [2.75, 3.05) is 0 Å². The van der Waals surface area contributed by atoms with Crippen LogP contribution in [0.25, 0.3) is 0 Å². The van der Waals surface area contributed by atoms with Gasteiger partial charge in [-0.1, -0.05) is 20.8 Å². The molecule has 1 rings (SSSR count). The topological polar surface area (TPSA) is 17.8 Å². The molecule has 0 fully saturated rings. The number of hydrogen-bond acceptors (Lipinski definition) is 1. The molecule has 1 aromatic heterocycles. The van der Waals surface area contributed by atoms with E-state index in [9.17, 15) is 0 Å². The van der Waals surface area contributed by atoms with Crippen molar-refractivity contribution in [1.82, 2.24) is 9.78 Å². The van der Waals surface area contributed by atoms with E-state index in [4.69, 9.17) is 0 Å². The van der Waals surface area contributed by atoms with Crippen LogP contribution in [0.2, 0.25) is 0 Å². The summed E-state index contributed by atoms with van der Waals surface area (Å²) in [6, 6.07) is 2.47. The van der Waals surface area contributed by atoms with E-state index in [0.717, 1.165) is 6.42 Å². The third-order valence-electron chi connectivity index (χ3n) is 1.88. The zero-order valence-corrected chi connectivity index (χ0v) is 8.41. The van der Waals surface area contributed by atoms with E-state index in [-0.39, 0.29) is 0 Å². The predicted molar refractivity (Wildman–Crippen MR) is 51.0 cm³/mol. The van der Waals surface area contributed by atoms with Gasteiger partial charge >= 0.3 is 0 Å². The minimum Gasteiger partial charge on any atom is -0.270 e. The van der Waals surface area contributed by atoms with Crippen LogP contribution in [0.5, 0.6) is 0 Å². The Balaban J connectivity index is 2.56. The number of rotatable bonds is 2. The van der Waals surface area contributed by atoms with Gasteiger partial charge in [-0.15, -0.1) is 0 Å². The van der Waals surface area contributed by atoms with Crippen LogP contribution in [0.3, 0.4) is 0 Å². The van der Waals surface area contributed by atoms with E-state index in [0.29, 0.717) is 11.5 Å². The van der Waals surface area contributed by atoms with E-state index in [1.54, 1.807) is 0 Å². The quantitative estimate of drug-likeness (QED) is 0.660. The molecule has 0 radical (unpaired) electrons. The summed E-state index contributed by atoms with van der Waals surface area (Å²) in [6.45, 7) is 8.98. The molecule has 68 valence electrons. The zero-order valence-electron chi connectivity index (χ0n) is 8.41. The van der Waals surface area contributed by atoms with E-state index >= 15 is 0 Å². The lowest BCUT2D eigenvalue weighted by atomic mass is 9.89. The van der Waals surface area contributed by atoms with Crippen molar-refractivity contribution in [3.63, 3.8) is 0 Å². The van der Waals surface area contributed by atoms with Gasteiger partial charge in [0.05, 0.1) is 0 Å². The molecule has 0 aliphatic carbocycles. The molecular formula is C10H18N2. The smallest absolute Gasteiger partial charge is 0.0496 e. The second kappa shape index (κ2) is 3.30. The Kier molecular flexibility index (Phi) is 2.55. The van der Waals surface area contributed by atoms with Crippen molar-refractivity contribution in [3.05, 3.63) is 18.5 Å². The average molecular weight is 166 g/mol. The number of nitrogens with zero attached hydrogens (tertiary/aromatic N) is 2. The molecule has 2 heteroatoms. The standard InChI is InChI=1S/C10H18N2/c1-9(8-10(2,3)4)12-7-5-6-11-12/h5-7,9H,8H2,1-4H3. The number of aromatic nitrogens is 2. The molecule has 2 nitrogen and oxygen atoms in total. The van der Waals surface area contributed by atoms with Crippen LogP contribution in [0, 0.1) is 5.41 Å². The van der Waals surface area contributed by atoms with E-state index in [1.165, 1.54) is 0 Å². The second-order valence-electron chi connectivity index (χ2n) is 4.60. The maximum Gasteiger partial charge on any atom is 0.0496 e. The van der Waals surface area contributed by atoms with Crippen molar-refractivity contribution >= 4 is 0 Å². The summed E-state index contributed by atoms with van der Waals surface area (Å²) in [4.78, 5) is 0. The number of hydrogen-bond donors (Lipinski definition) is 0. The Morgan fingerprint density at radius 3 is 2.50 bits per heavy atom. The molecule has 0 saturated heterocycles. The van der Waals surface area contributed by atoms with Gasteiger partial charge in [-0.3, -0.25) is 4.68 Å². The monoisotopic (exact) mass is 166 g/mol. The summed E-state index contributed by atoms with van der Waals surface area (Å²) in [5.74, 6) is 0. The highest BCUT2D eigenvalue weighted by molar-refractivity contribution is 4.81. The van der Waals surface area contributed by atoms with Crippen LogP contribution in [0.1, 0.15) is 40.2 Å². The van der Waals surface area contributed by atoms with Crippen LogP contribution in [-0.4, -0.2) is 9.78 Å². The largest absolute Gasteiger partial charge is 0.270 e. The van der Waals surface area contributed by atoms with E-state index in [1.807, 2.05) is 23.1 Å². The maximum atomic E-state index is 4.22. The van der Waals surface area contributed by atoms with Gasteiger partial charge in [0.25, 0.3) is 0 Å². The highest BCUT2D eigenvalue weighted by Gasteiger charge is 2.15. The van der Waals surface area contributed by atoms with Gasteiger partial charge in [-0.2, -0.15) is 5.10 Å². The fraction of sp³-hybridized carbons (Fsp3) is 0.700. The Bertz CT molecular complexity index is 218. The van der Waals surface area contributed by atoms with Crippen LogP contribution in [0.4, 0.5) is 0 Å². The van der Waals surface area contributed by atoms with Crippen molar-refractivity contribution < 1.29 is 0 Å². The lowest BCUT2D eigenvalue weighted by molar-refractivity contribution is 0.293. The van der Waals surface area contributed by atoms with Crippen molar-refractivity contribution in [3.8, 4) is 0 Å². The average Bonchev–Trinajstić information content (AvgIpc) is 2.32. The summed E-state index contributed by atoms with van der Waals surface area (Å²) >= 11 is 0. The summed E-state index contributed by atoms with van der Waals surface area (Å²) in [5, 5.41) is 4.22. The minimum atomic E-state index is 0.380. The SMILES string of the molecule is CC(CC(C)(C)C)n1cccn1. The lowest BCUT2D eigenvalue weighted by Gasteiger charge is -2.23. The maximum absolute atomic E-state index is 4.22. The summed E-state index contributed by atoms with van der Waals surface area (Å²) in [7, 11) is 0. The van der Waals surface area contributed by atoms with Crippen LogP contribution in [-0.2, 0) is 0 Å². The Hall–Kier alpha value is -0.790. The second-order valence-corrected chi connectivity index (χ2v) is 4.60. The van der Waals surface area contributed by atoms with Crippen LogP contribution in [0.15, 0.2) is 18.5 Å². The van der Waals surface area contributed by atoms with Gasteiger partial charge < -0.3 is 0 Å². The highest BCUT2D eigenvalue weighted by Crippen LogP contribution is 2.26. The first-order valence-corrected chi connectivity index (χ1v) is 4.48. The molecule has 12 heavy (non-hydrogen) atoms. The van der Waals surface area contributed by atoms with Crippen LogP contribution < -0.4 is 0 Å². The lowest BCUT2D eigenvalue weighted by Crippen LogP contribution is -2.15. The molecular weight excluding hydrogens is 148 g/mol. The molecule has 0 N–H and O–H groups in total. The highest BCUT2D eigenvalue weighted by atomic mass is 15.3. The molecule has 1 unspecified atom stereocenters. The Labute approximate surface area is 74.6 Å². The first kappa shape index (κ1) is 9.30. The fourth-order valence-electron chi connectivity index (χ4n) is 1.52. The van der Waals surface area contributed by atoms with E-state index < -0.39 is 0 Å². The van der Waals surface area contributed by atoms with Crippen molar-refractivity contribution in [1.29, 1.82) is 0 Å². The molecule has 0 aliphatic rings. The van der Waals surface area contributed by atoms with Crippen molar-refractivity contribution in [2.45, 2.75) is 40.2 Å². The predicted octanol–water partition coefficient (Wildman–Crippen LogP) is 2.88. The zero-order chi connectivity index (χ0) is 9.19. The molecule has 1 atom stereocenters. The molecule has 1 aromatic rings. The third-order valence-corrected chi connectivity index (χ3v) is 1.88. The van der Waals surface area contributed by atoms with Crippen molar-refractivity contribution in [2.24, 2.45) is 5.41 Å². The van der Waals surface area contributed by atoms with Gasteiger partial charge in [-0.05, 0) is 24.8 Å². The van der Waals surface area contributed by atoms with Gasteiger partial charge in [-0.25, -0.2) is 0 Å². The van der Waals surface area contributed by atoms with Crippen LogP contribution >= 0.6 is 0 Å². The first-order valence-electron chi connectivity index (χ1n) is 4.48. The van der Waals surface area contributed by atoms with Gasteiger partial charge in [0.2, 0.25) is 0 Å². The van der Waals surface area contributed by atoms with Gasteiger partial charge in [0.1, 0.15) is 0 Å². The van der Waals surface area contributed by atoms with Gasteiger partial charge in [0, 0.05) is 18.4 Å². The Morgan fingerprint density at radius 1 is 1.42 bits per heavy atom. The Morgan fingerprint density at radius 2 is 2.08 bits per heavy atom. The normalized spacial score (nSPS) is 14.7. The molecule has 0 aromatic carbocycles. The summed E-state index contributed by atoms with van der Waals surface area (Å²) < 4.78 is 2.02. The molecule has 0 bridgehead atoms.